The summed E-state index contributed by atoms with van der Waals surface area (Å²) in [4.78, 5) is 0. The van der Waals surface area contributed by atoms with Crippen molar-refractivity contribution in [3.05, 3.63) is 52.3 Å². The topological polar surface area (TPSA) is 74.6 Å². The minimum absolute atomic E-state index is 0.267. The van der Waals surface area contributed by atoms with Gasteiger partial charge in [0.2, 0.25) is 0 Å². The molecule has 0 saturated heterocycles. The Kier molecular flexibility index (Phi) is 3.44. The zero-order valence-electron chi connectivity index (χ0n) is 12.3. The maximum absolute atomic E-state index is 9.52. The van der Waals surface area contributed by atoms with Gasteiger partial charge in [0.15, 0.2) is 0 Å². The number of hydrazone groups is 1. The molecule has 0 atom stereocenters. The third-order valence-electron chi connectivity index (χ3n) is 3.55. The smallest absolute Gasteiger partial charge is 0.144 e. The van der Waals surface area contributed by atoms with E-state index in [9.17, 15) is 5.26 Å². The highest BCUT2D eigenvalue weighted by Crippen LogP contribution is 2.35. The number of ether oxygens (including phenoxy) is 1. The van der Waals surface area contributed by atoms with Crippen LogP contribution in [0.1, 0.15) is 13.8 Å². The van der Waals surface area contributed by atoms with Crippen molar-refractivity contribution in [1.82, 2.24) is 0 Å². The van der Waals surface area contributed by atoms with Crippen LogP contribution in [0.15, 0.2) is 52.4 Å². The summed E-state index contributed by atoms with van der Waals surface area (Å²) in [6.45, 7) is 4.18. The first-order valence-electron chi connectivity index (χ1n) is 6.82. The van der Waals surface area contributed by atoms with E-state index in [1.165, 1.54) is 5.01 Å². The average Bonchev–Trinajstić information content (AvgIpc) is 2.47. The third kappa shape index (κ3) is 2.37. The quantitative estimate of drug-likeness (QED) is 0.864. The highest BCUT2D eigenvalue weighted by Gasteiger charge is 2.33. The number of anilines is 1. The first-order chi connectivity index (χ1) is 10.4. The molecular weight excluding hydrogens is 300 g/mol. The lowest BCUT2D eigenvalue weighted by Crippen LogP contribution is -2.39. The number of nitrogens with zero attached hydrogens (tertiary/aromatic N) is 3. The van der Waals surface area contributed by atoms with Crippen LogP contribution in [0.5, 0.6) is 0 Å². The van der Waals surface area contributed by atoms with E-state index >= 15 is 0 Å². The first-order valence-corrected chi connectivity index (χ1v) is 7.20. The van der Waals surface area contributed by atoms with E-state index in [-0.39, 0.29) is 5.82 Å². The number of allylic oxidation sites excluding steroid dienone is 1. The van der Waals surface area contributed by atoms with Crippen LogP contribution >= 0.6 is 11.6 Å². The highest BCUT2D eigenvalue weighted by molar-refractivity contribution is 6.33. The van der Waals surface area contributed by atoms with E-state index in [2.05, 4.69) is 11.2 Å². The molecule has 0 bridgehead atoms. The van der Waals surface area contributed by atoms with Crippen molar-refractivity contribution < 1.29 is 4.74 Å². The molecule has 2 heterocycles. The largest absolute Gasteiger partial charge is 0.383 e. The van der Waals surface area contributed by atoms with Crippen LogP contribution in [0.3, 0.4) is 0 Å². The van der Waals surface area contributed by atoms with Crippen LogP contribution < -0.4 is 10.7 Å². The van der Waals surface area contributed by atoms with Gasteiger partial charge in [0, 0.05) is 5.57 Å². The summed E-state index contributed by atoms with van der Waals surface area (Å²) < 4.78 is 5.74. The minimum atomic E-state index is -0.455. The fourth-order valence-electron chi connectivity index (χ4n) is 2.45. The van der Waals surface area contributed by atoms with Crippen LogP contribution in [0.25, 0.3) is 0 Å². The van der Waals surface area contributed by atoms with Crippen molar-refractivity contribution in [1.29, 1.82) is 5.26 Å². The van der Waals surface area contributed by atoms with Crippen LogP contribution in [0.2, 0.25) is 5.02 Å². The summed E-state index contributed by atoms with van der Waals surface area (Å²) in [6.07, 6.45) is 1.88. The van der Waals surface area contributed by atoms with Gasteiger partial charge in [-0.05, 0) is 32.1 Å². The Balaban J connectivity index is 2.16. The van der Waals surface area contributed by atoms with Gasteiger partial charge in [-0.25, -0.2) is 5.01 Å². The van der Waals surface area contributed by atoms with Gasteiger partial charge in [0.1, 0.15) is 17.5 Å². The lowest BCUT2D eigenvalue weighted by Gasteiger charge is -2.34. The van der Waals surface area contributed by atoms with Crippen LogP contribution in [0.4, 0.5) is 5.69 Å². The zero-order valence-corrected chi connectivity index (χ0v) is 13.1. The molecule has 0 aromatic heterocycles. The summed E-state index contributed by atoms with van der Waals surface area (Å²) in [7, 11) is 0. The highest BCUT2D eigenvalue weighted by atomic mass is 35.5. The van der Waals surface area contributed by atoms with Gasteiger partial charge >= 0.3 is 0 Å². The van der Waals surface area contributed by atoms with Crippen molar-refractivity contribution >= 4 is 23.0 Å². The van der Waals surface area contributed by atoms with Gasteiger partial charge < -0.3 is 10.5 Å². The molecule has 2 aliphatic rings. The Morgan fingerprint density at radius 2 is 2.14 bits per heavy atom. The fourth-order valence-corrected chi connectivity index (χ4v) is 2.66. The predicted molar refractivity (Wildman–Crippen MR) is 86.3 cm³/mol. The molecule has 2 aliphatic heterocycles. The molecule has 5 nitrogen and oxygen atoms in total. The third-order valence-corrected chi connectivity index (χ3v) is 3.87. The monoisotopic (exact) mass is 314 g/mol. The van der Waals surface area contributed by atoms with Gasteiger partial charge in [-0.3, -0.25) is 0 Å². The van der Waals surface area contributed by atoms with E-state index in [0.29, 0.717) is 28.6 Å². The van der Waals surface area contributed by atoms with Crippen molar-refractivity contribution in [2.24, 2.45) is 10.8 Å². The Labute approximate surface area is 133 Å². The Bertz CT molecular complexity index is 771. The molecule has 0 saturated carbocycles. The molecule has 22 heavy (non-hydrogen) atoms. The number of benzene rings is 1. The van der Waals surface area contributed by atoms with E-state index in [1.54, 1.807) is 12.1 Å². The lowest BCUT2D eigenvalue weighted by atomic mass is 9.92. The van der Waals surface area contributed by atoms with Gasteiger partial charge in [-0.1, -0.05) is 23.7 Å². The number of hydrogen-bond acceptors (Lipinski definition) is 5. The maximum Gasteiger partial charge on any atom is 0.144 e. The Hall–Kier alpha value is -2.29. The van der Waals surface area contributed by atoms with E-state index < -0.39 is 5.60 Å². The lowest BCUT2D eigenvalue weighted by molar-refractivity contribution is 0.0409. The molecule has 0 fully saturated rings. The summed E-state index contributed by atoms with van der Waals surface area (Å²) in [5.41, 5.74) is 8.14. The molecule has 0 aliphatic carbocycles. The predicted octanol–water partition coefficient (Wildman–Crippen LogP) is 2.95. The maximum atomic E-state index is 9.52. The number of fused-ring (bicyclic) bond motifs is 1. The normalized spacial score (nSPS) is 20.0. The van der Waals surface area contributed by atoms with Crippen molar-refractivity contribution in [2.45, 2.75) is 19.4 Å². The molecule has 1 aromatic carbocycles. The molecule has 6 heteroatoms. The second kappa shape index (κ2) is 5.16. The molecule has 0 amide bonds. The molecule has 1 aromatic rings. The van der Waals surface area contributed by atoms with E-state index in [1.807, 2.05) is 32.1 Å². The number of nitriles is 1. The van der Waals surface area contributed by atoms with Crippen molar-refractivity contribution in [3.63, 3.8) is 0 Å². The summed E-state index contributed by atoms with van der Waals surface area (Å²) in [6, 6.07) is 9.39. The molecule has 0 radical (unpaired) electrons. The molecule has 2 N–H and O–H groups in total. The molecule has 0 spiro atoms. The van der Waals surface area contributed by atoms with Crippen LogP contribution in [-0.2, 0) is 4.74 Å². The summed E-state index contributed by atoms with van der Waals surface area (Å²) in [5, 5.41) is 16.0. The molecular formula is C16H15ClN4O. The zero-order chi connectivity index (χ0) is 15.9. The van der Waals surface area contributed by atoms with Gasteiger partial charge in [-0.2, -0.15) is 10.4 Å². The van der Waals surface area contributed by atoms with Gasteiger partial charge in [-0.15, -0.1) is 0 Å². The van der Waals surface area contributed by atoms with Gasteiger partial charge in [0.25, 0.3) is 0 Å². The summed E-state index contributed by atoms with van der Waals surface area (Å²) in [5.74, 6) is 0.267. The first kappa shape index (κ1) is 14.6. The fraction of sp³-hybridized carbons (Fsp3) is 0.250. The Morgan fingerprint density at radius 3 is 2.82 bits per heavy atom. The number of rotatable bonds is 1. The number of hydrogen-bond donors (Lipinski definition) is 1. The minimum Gasteiger partial charge on any atom is -0.383 e. The molecule has 0 unspecified atom stereocenters. The molecule has 3 rings (SSSR count). The SMILES string of the molecule is CC1(C)C=C2C(=NN(c3ccccc3Cl)C(N)=C2C#N)CO1. The number of para-hydroxylation sites is 1. The van der Waals surface area contributed by atoms with Gasteiger partial charge in [0.05, 0.1) is 28.6 Å². The second-order valence-electron chi connectivity index (χ2n) is 5.63. The number of halogens is 1. The standard InChI is InChI=1S/C16H15ClN4O/c1-16(2)7-10-11(8-18)15(19)21(20-13(10)9-22-16)14-6-4-3-5-12(14)17/h3-7H,9,19H2,1-2H3. The average molecular weight is 315 g/mol. The van der Waals surface area contributed by atoms with Crippen LogP contribution in [-0.4, -0.2) is 17.9 Å². The summed E-state index contributed by atoms with van der Waals surface area (Å²) >= 11 is 6.22. The number of nitrogens with two attached hydrogens (primary N) is 1. The van der Waals surface area contributed by atoms with E-state index in [0.717, 1.165) is 5.57 Å². The Morgan fingerprint density at radius 1 is 1.41 bits per heavy atom. The molecule has 112 valence electrons. The second-order valence-corrected chi connectivity index (χ2v) is 6.04. The van der Waals surface area contributed by atoms with E-state index in [4.69, 9.17) is 22.1 Å². The van der Waals surface area contributed by atoms with Crippen LogP contribution in [0, 0.1) is 11.3 Å². The van der Waals surface area contributed by atoms with Crippen molar-refractivity contribution in [3.8, 4) is 6.07 Å². The van der Waals surface area contributed by atoms with Crippen molar-refractivity contribution in [2.75, 3.05) is 11.6 Å².